The Morgan fingerprint density at radius 1 is 1.07 bits per heavy atom. The van der Waals surface area contributed by atoms with Crippen LogP contribution in [-0.2, 0) is 6.54 Å². The number of ether oxygens (including phenoxy) is 2. The highest BCUT2D eigenvalue weighted by molar-refractivity contribution is 5.95. The summed E-state index contributed by atoms with van der Waals surface area (Å²) >= 11 is 0. The van der Waals surface area contributed by atoms with Crippen molar-refractivity contribution in [3.8, 4) is 11.5 Å². The van der Waals surface area contributed by atoms with Gasteiger partial charge in [0.1, 0.15) is 0 Å². The van der Waals surface area contributed by atoms with Crippen LogP contribution in [0.3, 0.4) is 0 Å². The number of nitrogens with one attached hydrogen (secondary N) is 1. The molecule has 5 nitrogen and oxygen atoms in total. The summed E-state index contributed by atoms with van der Waals surface area (Å²) in [5, 5.41) is 3.29. The number of carbonyl (C=O) groups excluding carboxylic acids is 1. The van der Waals surface area contributed by atoms with Crippen LogP contribution in [0.5, 0.6) is 11.5 Å². The second-order valence-corrected chi connectivity index (χ2v) is 8.20. The third-order valence-corrected chi connectivity index (χ3v) is 6.41. The van der Waals surface area contributed by atoms with Gasteiger partial charge in [-0.1, -0.05) is 24.3 Å². The van der Waals surface area contributed by atoms with Gasteiger partial charge in [-0.25, -0.2) is 0 Å². The van der Waals surface area contributed by atoms with Gasteiger partial charge in [-0.3, -0.25) is 9.69 Å². The first-order chi connectivity index (χ1) is 13.7. The molecule has 1 amide bonds. The van der Waals surface area contributed by atoms with Crippen molar-refractivity contribution in [3.63, 3.8) is 0 Å². The molecule has 1 N–H and O–H groups in total. The summed E-state index contributed by atoms with van der Waals surface area (Å²) in [7, 11) is 0. The summed E-state index contributed by atoms with van der Waals surface area (Å²) in [6, 6.07) is 15.4. The van der Waals surface area contributed by atoms with Gasteiger partial charge in [-0.05, 0) is 61.9 Å². The third kappa shape index (κ3) is 3.24. The summed E-state index contributed by atoms with van der Waals surface area (Å²) in [5.74, 6) is 1.75. The molecule has 3 heterocycles. The molecule has 2 atom stereocenters. The summed E-state index contributed by atoms with van der Waals surface area (Å²) < 4.78 is 10.9. The van der Waals surface area contributed by atoms with Crippen molar-refractivity contribution in [1.29, 1.82) is 0 Å². The smallest absolute Gasteiger partial charge is 0.251 e. The molecule has 2 fully saturated rings. The van der Waals surface area contributed by atoms with Crippen LogP contribution in [0.4, 0.5) is 0 Å². The first-order valence-corrected chi connectivity index (χ1v) is 10.2. The Morgan fingerprint density at radius 2 is 1.82 bits per heavy atom. The van der Waals surface area contributed by atoms with E-state index in [1.165, 1.54) is 18.4 Å². The summed E-state index contributed by atoms with van der Waals surface area (Å²) in [4.78, 5) is 15.3. The molecule has 0 spiro atoms. The molecule has 0 aromatic heterocycles. The predicted octanol–water partition coefficient (Wildman–Crippen LogP) is 3.65. The molecule has 3 aliphatic rings. The molecule has 0 saturated carbocycles. The maximum atomic E-state index is 12.7. The van der Waals surface area contributed by atoms with Gasteiger partial charge in [-0.15, -0.1) is 0 Å². The minimum atomic E-state index is 0.0618. The maximum absolute atomic E-state index is 12.7. The number of benzene rings is 2. The van der Waals surface area contributed by atoms with E-state index in [0.29, 0.717) is 18.9 Å². The lowest BCUT2D eigenvalue weighted by Gasteiger charge is -2.39. The average Bonchev–Trinajstić information content (AvgIpc) is 3.24. The SMILES string of the molecule is Cc1ccccc1C(=O)NC1CC2CCC(C1)N2Cc1ccc2c(c1)OCO2. The number of amides is 1. The number of rotatable bonds is 4. The topological polar surface area (TPSA) is 50.8 Å². The minimum absolute atomic E-state index is 0.0618. The lowest BCUT2D eigenvalue weighted by molar-refractivity contribution is 0.0827. The number of piperidine rings is 1. The molecule has 5 rings (SSSR count). The zero-order chi connectivity index (χ0) is 19.1. The van der Waals surface area contributed by atoms with Crippen LogP contribution in [0, 0.1) is 6.92 Å². The molecule has 2 aromatic rings. The first-order valence-electron chi connectivity index (χ1n) is 10.2. The fourth-order valence-electron chi connectivity index (χ4n) is 4.99. The molecule has 2 unspecified atom stereocenters. The lowest BCUT2D eigenvalue weighted by Crippen LogP contribution is -2.50. The Morgan fingerprint density at radius 3 is 2.61 bits per heavy atom. The molecule has 5 heteroatoms. The van der Waals surface area contributed by atoms with Crippen LogP contribution in [0.25, 0.3) is 0 Å². The predicted molar refractivity (Wildman–Crippen MR) is 107 cm³/mol. The van der Waals surface area contributed by atoms with Gasteiger partial charge < -0.3 is 14.8 Å². The van der Waals surface area contributed by atoms with E-state index >= 15 is 0 Å². The van der Waals surface area contributed by atoms with Gasteiger partial charge in [-0.2, -0.15) is 0 Å². The van der Waals surface area contributed by atoms with E-state index in [1.807, 2.05) is 37.3 Å². The van der Waals surface area contributed by atoms with E-state index in [9.17, 15) is 4.79 Å². The van der Waals surface area contributed by atoms with E-state index in [1.54, 1.807) is 0 Å². The Labute approximate surface area is 165 Å². The van der Waals surface area contributed by atoms with Crippen LogP contribution in [0.2, 0.25) is 0 Å². The highest BCUT2D eigenvalue weighted by Crippen LogP contribution is 2.38. The quantitative estimate of drug-likeness (QED) is 0.882. The first kappa shape index (κ1) is 17.6. The molecular weight excluding hydrogens is 352 g/mol. The minimum Gasteiger partial charge on any atom is -0.454 e. The molecule has 146 valence electrons. The Hall–Kier alpha value is -2.53. The summed E-state index contributed by atoms with van der Waals surface area (Å²) in [6.45, 7) is 3.24. The van der Waals surface area contributed by atoms with Crippen molar-refractivity contribution < 1.29 is 14.3 Å². The van der Waals surface area contributed by atoms with Gasteiger partial charge in [0.05, 0.1) is 0 Å². The van der Waals surface area contributed by atoms with Crippen LogP contribution < -0.4 is 14.8 Å². The number of aryl methyl sites for hydroxylation is 1. The highest BCUT2D eigenvalue weighted by Gasteiger charge is 2.41. The van der Waals surface area contributed by atoms with Crippen LogP contribution in [0.1, 0.15) is 47.2 Å². The number of hydrogen-bond donors (Lipinski definition) is 1. The fraction of sp³-hybridized carbons (Fsp3) is 0.435. The van der Waals surface area contributed by atoms with Gasteiger partial charge >= 0.3 is 0 Å². The molecule has 3 aliphatic heterocycles. The third-order valence-electron chi connectivity index (χ3n) is 6.41. The number of carbonyl (C=O) groups is 1. The summed E-state index contributed by atoms with van der Waals surface area (Å²) in [5.41, 5.74) is 3.09. The zero-order valence-corrected chi connectivity index (χ0v) is 16.2. The van der Waals surface area contributed by atoms with Crippen molar-refractivity contribution >= 4 is 5.91 Å². The van der Waals surface area contributed by atoms with E-state index in [2.05, 4.69) is 22.3 Å². The van der Waals surface area contributed by atoms with Gasteiger partial charge in [0.15, 0.2) is 11.5 Å². The van der Waals surface area contributed by atoms with Crippen molar-refractivity contribution in [3.05, 3.63) is 59.2 Å². The molecule has 0 aliphatic carbocycles. The van der Waals surface area contributed by atoms with E-state index < -0.39 is 0 Å². The Balaban J connectivity index is 1.24. The van der Waals surface area contributed by atoms with Gasteiger partial charge in [0.25, 0.3) is 5.91 Å². The van der Waals surface area contributed by atoms with Crippen molar-refractivity contribution in [2.75, 3.05) is 6.79 Å². The average molecular weight is 378 g/mol. The van der Waals surface area contributed by atoms with Gasteiger partial charge in [0, 0.05) is 30.2 Å². The van der Waals surface area contributed by atoms with Crippen molar-refractivity contribution in [2.45, 2.75) is 57.3 Å². The van der Waals surface area contributed by atoms with E-state index in [0.717, 1.165) is 42.0 Å². The van der Waals surface area contributed by atoms with Crippen LogP contribution in [0.15, 0.2) is 42.5 Å². The normalized spacial score (nSPS) is 25.7. The van der Waals surface area contributed by atoms with E-state index in [-0.39, 0.29) is 11.9 Å². The largest absolute Gasteiger partial charge is 0.454 e. The monoisotopic (exact) mass is 378 g/mol. The number of fused-ring (bicyclic) bond motifs is 3. The second kappa shape index (κ2) is 7.13. The molecular formula is C23H26N2O3. The number of nitrogens with zero attached hydrogens (tertiary/aromatic N) is 1. The van der Waals surface area contributed by atoms with Gasteiger partial charge in [0.2, 0.25) is 6.79 Å². The second-order valence-electron chi connectivity index (χ2n) is 8.20. The van der Waals surface area contributed by atoms with Crippen molar-refractivity contribution in [1.82, 2.24) is 10.2 Å². The Kier molecular flexibility index (Phi) is 4.47. The maximum Gasteiger partial charge on any atom is 0.251 e. The molecule has 2 bridgehead atoms. The standard InChI is InChI=1S/C23H26N2O3/c1-15-4-2-3-5-20(15)23(26)24-17-11-18-7-8-19(12-17)25(18)13-16-6-9-21-22(10-16)28-14-27-21/h2-6,9-10,17-19H,7-8,11-14H2,1H3,(H,24,26). The van der Waals surface area contributed by atoms with Crippen LogP contribution in [-0.4, -0.2) is 35.7 Å². The molecule has 0 radical (unpaired) electrons. The van der Waals surface area contributed by atoms with E-state index in [4.69, 9.17) is 9.47 Å². The number of hydrogen-bond acceptors (Lipinski definition) is 4. The molecule has 2 aromatic carbocycles. The zero-order valence-electron chi connectivity index (χ0n) is 16.2. The highest BCUT2D eigenvalue weighted by atomic mass is 16.7. The molecule has 2 saturated heterocycles. The van der Waals surface area contributed by atoms with Crippen molar-refractivity contribution in [2.24, 2.45) is 0 Å². The fourth-order valence-corrected chi connectivity index (χ4v) is 4.99. The molecule has 28 heavy (non-hydrogen) atoms. The lowest BCUT2D eigenvalue weighted by atomic mass is 9.96. The Bertz CT molecular complexity index is 883. The van der Waals surface area contributed by atoms with Crippen LogP contribution >= 0.6 is 0 Å². The summed E-state index contributed by atoms with van der Waals surface area (Å²) in [6.07, 6.45) is 4.48.